The Hall–Kier alpha value is -3.02. The van der Waals surface area contributed by atoms with E-state index < -0.39 is 26.7 Å². The van der Waals surface area contributed by atoms with Gasteiger partial charge in [-0.2, -0.15) is 0 Å². The van der Waals surface area contributed by atoms with Crippen LogP contribution in [0.3, 0.4) is 0 Å². The van der Waals surface area contributed by atoms with Gasteiger partial charge in [0.2, 0.25) is 0 Å². The number of halogens is 1. The molecule has 0 aliphatic rings. The fourth-order valence-electron chi connectivity index (χ4n) is 3.32. The Balaban J connectivity index is 2.48. The van der Waals surface area contributed by atoms with Crippen LogP contribution in [-0.2, 0) is 19.4 Å². The van der Waals surface area contributed by atoms with Gasteiger partial charge < -0.3 is 14.4 Å². The van der Waals surface area contributed by atoms with E-state index >= 15 is 0 Å². The zero-order chi connectivity index (χ0) is 28.0. The second-order valence-corrected chi connectivity index (χ2v) is 12.5. The Labute approximate surface area is 225 Å². The summed E-state index contributed by atoms with van der Waals surface area (Å²) in [6.45, 7) is 12.7. The van der Waals surface area contributed by atoms with Crippen LogP contribution in [-0.4, -0.2) is 55.7 Å². The quantitative estimate of drug-likeness (QED) is 0.336. The molecule has 200 valence electrons. The van der Waals surface area contributed by atoms with E-state index in [-0.39, 0.29) is 23.0 Å². The summed E-state index contributed by atoms with van der Waals surface area (Å²) in [6, 6.07) is 9.32. The molecule has 7 nitrogen and oxygen atoms in total. The number of carbonyl (C=O) groups excluding carboxylic acids is 2. The van der Waals surface area contributed by atoms with Crippen LogP contribution in [0.4, 0.5) is 0 Å². The molecule has 0 spiro atoms. The maximum Gasteiger partial charge on any atom is 0.344 e. The third-order valence-electron chi connectivity index (χ3n) is 5.24. The molecule has 0 radical (unpaired) electrons. The molecule has 0 N–H and O–H groups in total. The number of rotatable bonds is 8. The van der Waals surface area contributed by atoms with Gasteiger partial charge in [0.05, 0.1) is 21.3 Å². The summed E-state index contributed by atoms with van der Waals surface area (Å²) < 4.78 is 37.1. The highest BCUT2D eigenvalue weighted by Crippen LogP contribution is 2.25. The van der Waals surface area contributed by atoms with Crippen LogP contribution in [0.1, 0.15) is 70.0 Å². The van der Waals surface area contributed by atoms with E-state index in [0.717, 1.165) is 0 Å². The van der Waals surface area contributed by atoms with Gasteiger partial charge >= 0.3 is 5.97 Å². The van der Waals surface area contributed by atoms with Crippen LogP contribution >= 0.6 is 11.6 Å². The lowest BCUT2D eigenvalue weighted by Gasteiger charge is -2.21. The number of carbonyl (C=O) groups is 2. The molecule has 0 fully saturated rings. The first-order valence-electron chi connectivity index (χ1n) is 12.0. The highest BCUT2D eigenvalue weighted by atomic mass is 35.5. The molecule has 0 saturated heterocycles. The van der Waals surface area contributed by atoms with Gasteiger partial charge in [-0.05, 0) is 84.9 Å². The minimum Gasteiger partial charge on any atom is -0.481 e. The summed E-state index contributed by atoms with van der Waals surface area (Å²) in [5.41, 5.74) is 0.281. The predicted molar refractivity (Wildman–Crippen MR) is 145 cm³/mol. The molecule has 0 saturated carbocycles. The molecular weight excluding hydrogens is 514 g/mol. The Morgan fingerprint density at radius 2 is 1.68 bits per heavy atom. The summed E-state index contributed by atoms with van der Waals surface area (Å²) in [6.07, 6.45) is 0. The number of esters is 1. The van der Waals surface area contributed by atoms with E-state index in [2.05, 4.69) is 11.8 Å². The highest BCUT2D eigenvalue weighted by Gasteiger charge is 2.27. The van der Waals surface area contributed by atoms with Crippen molar-refractivity contribution < 1.29 is 27.5 Å². The van der Waals surface area contributed by atoms with Gasteiger partial charge in [-0.3, -0.25) is 4.79 Å². The maximum absolute atomic E-state index is 13.1. The monoisotopic (exact) mass is 547 g/mol. The Morgan fingerprint density at radius 3 is 2.24 bits per heavy atom. The molecule has 37 heavy (non-hydrogen) atoms. The minimum atomic E-state index is -3.77. The van der Waals surface area contributed by atoms with Gasteiger partial charge in [0.15, 0.2) is 16.4 Å². The number of hydrogen-bond acceptors (Lipinski definition) is 6. The first-order chi connectivity index (χ1) is 17.2. The number of sulfone groups is 1. The first kappa shape index (κ1) is 30.2. The molecule has 0 aliphatic heterocycles. The Kier molecular flexibility index (Phi) is 10.2. The lowest BCUT2D eigenvalue weighted by Crippen LogP contribution is -2.32. The number of nitrogens with zero attached hydrogens (tertiary/aromatic N) is 1. The lowest BCUT2D eigenvalue weighted by atomic mass is 10.1. The van der Waals surface area contributed by atoms with Crippen molar-refractivity contribution in [3.05, 3.63) is 58.1 Å². The van der Waals surface area contributed by atoms with Crippen molar-refractivity contribution in [1.29, 1.82) is 0 Å². The van der Waals surface area contributed by atoms with E-state index in [1.165, 1.54) is 12.1 Å². The minimum absolute atomic E-state index is 0.0568. The van der Waals surface area contributed by atoms with Gasteiger partial charge in [-0.1, -0.05) is 23.4 Å². The normalized spacial score (nSPS) is 11.5. The SMILES string of the molecule is CCN(CC)C(=O)c1ccc(C#Cc2cc(Cl)ccc2OCC(=O)OC(C)(C)C)cc1S(=O)(=O)C(C)C. The Morgan fingerprint density at radius 1 is 1.03 bits per heavy atom. The summed E-state index contributed by atoms with van der Waals surface area (Å²) in [5.74, 6) is 5.32. The molecule has 0 bridgehead atoms. The average molecular weight is 548 g/mol. The summed E-state index contributed by atoms with van der Waals surface area (Å²) in [7, 11) is -3.77. The maximum atomic E-state index is 13.1. The fraction of sp³-hybridized carbons (Fsp3) is 0.429. The van der Waals surface area contributed by atoms with Crippen LogP contribution in [0.15, 0.2) is 41.3 Å². The van der Waals surface area contributed by atoms with Crippen molar-refractivity contribution in [2.24, 2.45) is 0 Å². The number of hydrogen-bond donors (Lipinski definition) is 0. The largest absolute Gasteiger partial charge is 0.481 e. The second-order valence-electron chi connectivity index (χ2n) is 9.55. The fourth-order valence-corrected chi connectivity index (χ4v) is 4.75. The van der Waals surface area contributed by atoms with E-state index in [4.69, 9.17) is 21.1 Å². The van der Waals surface area contributed by atoms with Gasteiger partial charge in [-0.25, -0.2) is 13.2 Å². The zero-order valence-electron chi connectivity index (χ0n) is 22.3. The van der Waals surface area contributed by atoms with E-state index in [9.17, 15) is 18.0 Å². The van der Waals surface area contributed by atoms with Crippen LogP contribution < -0.4 is 4.74 Å². The zero-order valence-corrected chi connectivity index (χ0v) is 23.9. The van der Waals surface area contributed by atoms with E-state index in [0.29, 0.717) is 35.0 Å². The van der Waals surface area contributed by atoms with Crippen molar-refractivity contribution in [3.8, 4) is 17.6 Å². The third kappa shape index (κ3) is 8.24. The second kappa shape index (κ2) is 12.5. The molecule has 0 unspecified atom stereocenters. The van der Waals surface area contributed by atoms with Crippen LogP contribution in [0.2, 0.25) is 5.02 Å². The van der Waals surface area contributed by atoms with Crippen molar-refractivity contribution in [3.63, 3.8) is 0 Å². The van der Waals surface area contributed by atoms with Crippen molar-refractivity contribution >= 4 is 33.3 Å². The first-order valence-corrected chi connectivity index (χ1v) is 14.0. The van der Waals surface area contributed by atoms with Crippen LogP contribution in [0.5, 0.6) is 5.75 Å². The molecule has 2 aromatic rings. The molecule has 0 heterocycles. The van der Waals surface area contributed by atoms with Gasteiger partial charge in [0.1, 0.15) is 11.4 Å². The summed E-state index contributed by atoms with van der Waals surface area (Å²) in [4.78, 5) is 26.6. The topological polar surface area (TPSA) is 90.0 Å². The molecule has 1 amide bonds. The number of ether oxygens (including phenoxy) is 2. The third-order valence-corrected chi connectivity index (χ3v) is 7.67. The lowest BCUT2D eigenvalue weighted by molar-refractivity contribution is -0.157. The van der Waals surface area contributed by atoms with Crippen molar-refractivity contribution in [1.82, 2.24) is 4.90 Å². The van der Waals surface area contributed by atoms with Gasteiger partial charge in [0.25, 0.3) is 5.91 Å². The van der Waals surface area contributed by atoms with Crippen LogP contribution in [0, 0.1) is 11.8 Å². The molecule has 0 atom stereocenters. The van der Waals surface area contributed by atoms with Gasteiger partial charge in [-0.15, -0.1) is 0 Å². The van der Waals surface area contributed by atoms with Crippen LogP contribution in [0.25, 0.3) is 0 Å². The summed E-state index contributed by atoms with van der Waals surface area (Å²) >= 11 is 6.14. The van der Waals surface area contributed by atoms with Crippen molar-refractivity contribution in [2.75, 3.05) is 19.7 Å². The molecular formula is C28H34ClNO6S. The van der Waals surface area contributed by atoms with E-state index in [1.54, 1.807) is 63.8 Å². The molecule has 2 aromatic carbocycles. The highest BCUT2D eigenvalue weighted by molar-refractivity contribution is 7.92. The smallest absolute Gasteiger partial charge is 0.344 e. The molecule has 0 aliphatic carbocycles. The molecule has 0 aromatic heterocycles. The van der Waals surface area contributed by atoms with Gasteiger partial charge in [0, 0.05) is 23.7 Å². The van der Waals surface area contributed by atoms with Crippen molar-refractivity contribution in [2.45, 2.75) is 64.2 Å². The average Bonchev–Trinajstić information content (AvgIpc) is 2.81. The molecule has 9 heteroatoms. The standard InChI is InChI=1S/C28H34ClNO6S/c1-8-30(9-2)27(32)23-14-11-20(16-25(23)37(33,34)19(3)4)10-12-21-17-22(29)13-15-24(21)35-18-26(31)36-28(5,6)7/h11,13-17,19H,8-9,18H2,1-7H3. The Bertz CT molecular complexity index is 1310. The number of amides is 1. The summed E-state index contributed by atoms with van der Waals surface area (Å²) in [5, 5.41) is -0.308. The predicted octanol–water partition coefficient (Wildman–Crippen LogP) is 5.12. The number of benzene rings is 2. The van der Waals surface area contributed by atoms with E-state index in [1.807, 2.05) is 13.8 Å². The molecule has 2 rings (SSSR count).